The van der Waals surface area contributed by atoms with Crippen molar-refractivity contribution in [1.82, 2.24) is 5.32 Å². The summed E-state index contributed by atoms with van der Waals surface area (Å²) in [7, 11) is 1.71. The highest BCUT2D eigenvalue weighted by atomic mass is 16.5. The average Bonchev–Trinajstić information content (AvgIpc) is 3.29. The van der Waals surface area contributed by atoms with Gasteiger partial charge in [-0.25, -0.2) is 4.79 Å². The Kier molecular flexibility index (Phi) is 4.92. The van der Waals surface area contributed by atoms with Gasteiger partial charge in [0.05, 0.1) is 12.8 Å². The Morgan fingerprint density at radius 1 is 1.15 bits per heavy atom. The lowest BCUT2D eigenvalue weighted by molar-refractivity contribution is 0.243. The number of ether oxygens (including phenoxy) is 1. The van der Waals surface area contributed by atoms with Crippen LogP contribution in [0.3, 0.4) is 0 Å². The Bertz CT molecular complexity index is 823. The molecule has 0 bridgehead atoms. The van der Waals surface area contributed by atoms with Crippen molar-refractivity contribution in [3.63, 3.8) is 0 Å². The smallest absolute Gasteiger partial charge is 0.322 e. The van der Waals surface area contributed by atoms with Crippen LogP contribution in [0.15, 0.2) is 48.5 Å². The first kappa shape index (κ1) is 17.7. The number of para-hydroxylation sites is 3. The molecule has 4 rings (SSSR count). The molecule has 2 aromatic carbocycles. The fourth-order valence-electron chi connectivity index (χ4n) is 4.30. The molecule has 0 radical (unpaired) electrons. The van der Waals surface area contributed by atoms with E-state index in [1.165, 1.54) is 5.56 Å². The second-order valence-corrected chi connectivity index (χ2v) is 7.51. The molecule has 5 nitrogen and oxygen atoms in total. The number of rotatable bonds is 4. The third-order valence-corrected chi connectivity index (χ3v) is 5.68. The van der Waals surface area contributed by atoms with Crippen LogP contribution in [0.2, 0.25) is 0 Å². The van der Waals surface area contributed by atoms with E-state index in [1.807, 2.05) is 41.3 Å². The van der Waals surface area contributed by atoms with Crippen LogP contribution in [0.1, 0.15) is 18.9 Å². The summed E-state index contributed by atoms with van der Waals surface area (Å²) in [5.41, 5.74) is 3.43. The van der Waals surface area contributed by atoms with Crippen LogP contribution in [0.25, 0.3) is 0 Å². The highest BCUT2D eigenvalue weighted by molar-refractivity contribution is 5.94. The molecule has 0 saturated carbocycles. The predicted octanol–water partition coefficient (Wildman–Crippen LogP) is 3.68. The third-order valence-electron chi connectivity index (χ3n) is 5.68. The summed E-state index contributed by atoms with van der Waals surface area (Å²) in [5.74, 6) is 1.36. The van der Waals surface area contributed by atoms with Crippen molar-refractivity contribution >= 4 is 17.4 Å². The van der Waals surface area contributed by atoms with E-state index in [0.29, 0.717) is 12.5 Å². The lowest BCUT2D eigenvalue weighted by atomic mass is 10.1. The maximum Gasteiger partial charge on any atom is 0.322 e. The van der Waals surface area contributed by atoms with Gasteiger partial charge < -0.3 is 15.0 Å². The Morgan fingerprint density at radius 3 is 2.70 bits per heavy atom. The summed E-state index contributed by atoms with van der Waals surface area (Å²) in [5, 5.41) is 3.17. The monoisotopic (exact) mass is 365 g/mol. The van der Waals surface area contributed by atoms with Crippen molar-refractivity contribution in [1.29, 1.82) is 0 Å². The van der Waals surface area contributed by atoms with E-state index in [9.17, 15) is 4.79 Å². The number of hydrogen-bond donors (Lipinski definition) is 1. The molecule has 2 atom stereocenters. The molecule has 142 valence electrons. The number of amides is 2. The Labute approximate surface area is 160 Å². The molecule has 2 aliphatic rings. The Hall–Kier alpha value is -2.69. The van der Waals surface area contributed by atoms with Crippen LogP contribution in [0.5, 0.6) is 5.75 Å². The number of nitrogens with zero attached hydrogens (tertiary/aromatic N) is 2. The zero-order chi connectivity index (χ0) is 18.8. The van der Waals surface area contributed by atoms with Crippen molar-refractivity contribution in [2.24, 2.45) is 5.92 Å². The fraction of sp³-hybridized carbons (Fsp3) is 0.409. The van der Waals surface area contributed by atoms with E-state index in [2.05, 4.69) is 29.3 Å². The van der Waals surface area contributed by atoms with E-state index in [0.717, 1.165) is 43.1 Å². The lowest BCUT2D eigenvalue weighted by Gasteiger charge is -2.24. The summed E-state index contributed by atoms with van der Waals surface area (Å²) in [6.07, 6.45) is 2.00. The number of nitrogens with one attached hydrogen (secondary N) is 1. The van der Waals surface area contributed by atoms with Crippen LogP contribution < -0.4 is 19.9 Å². The molecule has 1 N–H and O–H groups in total. The van der Waals surface area contributed by atoms with Crippen LogP contribution in [-0.2, 0) is 6.42 Å². The van der Waals surface area contributed by atoms with E-state index in [4.69, 9.17) is 4.74 Å². The van der Waals surface area contributed by atoms with Gasteiger partial charge >= 0.3 is 6.03 Å². The molecule has 2 aliphatic heterocycles. The zero-order valence-electron chi connectivity index (χ0n) is 16.0. The van der Waals surface area contributed by atoms with Crippen molar-refractivity contribution in [2.45, 2.75) is 25.8 Å². The molecule has 0 aliphatic carbocycles. The molecule has 5 heteroatoms. The maximum atomic E-state index is 12.8. The van der Waals surface area contributed by atoms with Gasteiger partial charge in [-0.15, -0.1) is 0 Å². The molecular formula is C22H27N3O2. The molecule has 2 amide bonds. The third kappa shape index (κ3) is 3.46. The van der Waals surface area contributed by atoms with Crippen LogP contribution >= 0.6 is 0 Å². The number of hydrogen-bond acceptors (Lipinski definition) is 3. The number of anilines is 2. The number of urea groups is 1. The van der Waals surface area contributed by atoms with Crippen molar-refractivity contribution in [3.05, 3.63) is 54.1 Å². The van der Waals surface area contributed by atoms with Crippen LogP contribution in [0.4, 0.5) is 16.2 Å². The molecule has 2 unspecified atom stereocenters. The normalized spacial score (nSPS) is 21.3. The Morgan fingerprint density at radius 2 is 1.89 bits per heavy atom. The molecule has 1 fully saturated rings. The van der Waals surface area contributed by atoms with Gasteiger partial charge in [0.2, 0.25) is 0 Å². The molecule has 1 saturated heterocycles. The number of fused-ring (bicyclic) bond motifs is 1. The Balaban J connectivity index is 1.35. The van der Waals surface area contributed by atoms with Gasteiger partial charge in [-0.1, -0.05) is 30.3 Å². The first-order chi connectivity index (χ1) is 13.2. The quantitative estimate of drug-likeness (QED) is 0.899. The van der Waals surface area contributed by atoms with Crippen molar-refractivity contribution < 1.29 is 9.53 Å². The SMILES string of the molecule is COc1ccccc1N1CCC(CNC(=O)N2c3ccccc3CC2C)C1. The molecule has 0 spiro atoms. The minimum atomic E-state index is 0.0168. The molecule has 0 aromatic heterocycles. The molecule has 2 aromatic rings. The van der Waals surface area contributed by atoms with E-state index in [-0.39, 0.29) is 12.1 Å². The van der Waals surface area contributed by atoms with E-state index >= 15 is 0 Å². The summed E-state index contributed by atoms with van der Waals surface area (Å²) >= 11 is 0. The van der Waals surface area contributed by atoms with Crippen LogP contribution in [0, 0.1) is 5.92 Å². The second-order valence-electron chi connectivity index (χ2n) is 7.51. The van der Waals surface area contributed by atoms with Gasteiger partial charge in [-0.05, 0) is 49.4 Å². The number of carbonyl (C=O) groups excluding carboxylic acids is 1. The topological polar surface area (TPSA) is 44.8 Å². The summed E-state index contributed by atoms with van der Waals surface area (Å²) in [6.45, 7) is 4.74. The fourth-order valence-corrected chi connectivity index (χ4v) is 4.30. The summed E-state index contributed by atoms with van der Waals surface area (Å²) in [4.78, 5) is 17.1. The number of methoxy groups -OCH3 is 1. The zero-order valence-corrected chi connectivity index (χ0v) is 16.0. The summed E-state index contributed by atoms with van der Waals surface area (Å²) < 4.78 is 5.49. The lowest BCUT2D eigenvalue weighted by Crippen LogP contribution is -2.45. The average molecular weight is 365 g/mol. The standard InChI is InChI=1S/C22H27N3O2/c1-16-13-18-7-3-4-8-19(18)25(16)22(26)23-14-17-11-12-24(15-17)20-9-5-6-10-21(20)27-2/h3-10,16-17H,11-15H2,1-2H3,(H,23,26). The molecule has 27 heavy (non-hydrogen) atoms. The first-order valence-electron chi connectivity index (χ1n) is 9.70. The van der Waals surface area contributed by atoms with Crippen LogP contribution in [-0.4, -0.2) is 38.8 Å². The minimum Gasteiger partial charge on any atom is -0.495 e. The minimum absolute atomic E-state index is 0.0168. The summed E-state index contributed by atoms with van der Waals surface area (Å²) in [6, 6.07) is 16.5. The van der Waals surface area contributed by atoms with Gasteiger partial charge in [-0.2, -0.15) is 0 Å². The molecule has 2 heterocycles. The number of benzene rings is 2. The largest absolute Gasteiger partial charge is 0.495 e. The van der Waals surface area contributed by atoms with Gasteiger partial charge in [0.15, 0.2) is 0 Å². The predicted molar refractivity (Wildman–Crippen MR) is 109 cm³/mol. The first-order valence-corrected chi connectivity index (χ1v) is 9.70. The highest BCUT2D eigenvalue weighted by Gasteiger charge is 2.31. The van der Waals surface area contributed by atoms with Gasteiger partial charge in [0.25, 0.3) is 0 Å². The maximum absolute atomic E-state index is 12.8. The number of carbonyl (C=O) groups is 1. The van der Waals surface area contributed by atoms with E-state index < -0.39 is 0 Å². The van der Waals surface area contributed by atoms with E-state index in [1.54, 1.807) is 7.11 Å². The molecular weight excluding hydrogens is 338 g/mol. The van der Waals surface area contributed by atoms with Crippen molar-refractivity contribution in [3.8, 4) is 5.75 Å². The highest BCUT2D eigenvalue weighted by Crippen LogP contribution is 2.33. The van der Waals surface area contributed by atoms with Gasteiger partial charge in [-0.3, -0.25) is 4.90 Å². The van der Waals surface area contributed by atoms with Gasteiger partial charge in [0, 0.05) is 31.4 Å². The van der Waals surface area contributed by atoms with Gasteiger partial charge in [0.1, 0.15) is 5.75 Å². The second kappa shape index (κ2) is 7.51. The van der Waals surface area contributed by atoms with Crippen molar-refractivity contribution in [2.75, 3.05) is 36.5 Å².